The number of nitrogens with two attached hydrogens (primary N) is 1. The monoisotopic (exact) mass is 357 g/mol. The van der Waals surface area contributed by atoms with E-state index in [1.54, 1.807) is 10.6 Å². The summed E-state index contributed by atoms with van der Waals surface area (Å²) in [5.74, 6) is 0. The fraction of sp³-hybridized carbons (Fsp3) is 0.217. The summed E-state index contributed by atoms with van der Waals surface area (Å²) in [6.45, 7) is 2.63. The van der Waals surface area contributed by atoms with Crippen molar-refractivity contribution >= 4 is 5.69 Å². The molecule has 0 aliphatic heterocycles. The molecule has 0 amide bonds. The van der Waals surface area contributed by atoms with Crippen LogP contribution in [0.15, 0.2) is 65.5 Å². The second-order valence-corrected chi connectivity index (χ2v) is 6.63. The third-order valence-electron chi connectivity index (χ3n) is 4.73. The number of hydrogen-bond donors (Lipinski definition) is 1. The number of pyridine rings is 1. The number of nitrogens with zero attached hydrogens (tertiary/aromatic N) is 2. The highest BCUT2D eigenvalue weighted by atomic mass is 16.1. The smallest absolute Gasteiger partial charge is 0.274 e. The van der Waals surface area contributed by atoms with Crippen LogP contribution in [0.1, 0.15) is 36.6 Å². The molecule has 0 saturated heterocycles. The van der Waals surface area contributed by atoms with Crippen LogP contribution in [0, 0.1) is 11.3 Å². The highest BCUT2D eigenvalue weighted by Gasteiger charge is 2.09. The predicted octanol–water partition coefficient (Wildman–Crippen LogP) is 4.36. The quantitative estimate of drug-likeness (QED) is 0.712. The van der Waals surface area contributed by atoms with E-state index in [-0.39, 0.29) is 11.2 Å². The van der Waals surface area contributed by atoms with Crippen molar-refractivity contribution < 1.29 is 0 Å². The van der Waals surface area contributed by atoms with Gasteiger partial charge in [0.25, 0.3) is 5.56 Å². The van der Waals surface area contributed by atoms with Crippen molar-refractivity contribution in [3.63, 3.8) is 0 Å². The van der Waals surface area contributed by atoms with Crippen LogP contribution in [0.2, 0.25) is 0 Å². The second kappa shape index (κ2) is 8.37. The fourth-order valence-corrected chi connectivity index (χ4v) is 3.19. The van der Waals surface area contributed by atoms with Gasteiger partial charge in [-0.3, -0.25) is 4.79 Å². The molecule has 27 heavy (non-hydrogen) atoms. The van der Waals surface area contributed by atoms with Crippen LogP contribution >= 0.6 is 0 Å². The van der Waals surface area contributed by atoms with Gasteiger partial charge in [0.2, 0.25) is 0 Å². The number of rotatable bonds is 6. The number of aryl methyl sites for hydroxylation is 1. The zero-order valence-electron chi connectivity index (χ0n) is 15.5. The van der Waals surface area contributed by atoms with E-state index in [4.69, 9.17) is 5.73 Å². The fourth-order valence-electron chi connectivity index (χ4n) is 3.19. The third-order valence-corrected chi connectivity index (χ3v) is 4.73. The van der Waals surface area contributed by atoms with Crippen LogP contribution in [0.25, 0.3) is 11.1 Å². The lowest BCUT2D eigenvalue weighted by molar-refractivity contribution is 0.669. The van der Waals surface area contributed by atoms with E-state index in [2.05, 4.69) is 13.0 Å². The molecule has 0 radical (unpaired) electrons. The minimum Gasteiger partial charge on any atom is -0.394 e. The lowest BCUT2D eigenvalue weighted by Crippen LogP contribution is -2.26. The molecule has 3 rings (SSSR count). The molecule has 136 valence electrons. The summed E-state index contributed by atoms with van der Waals surface area (Å²) in [4.78, 5) is 12.5. The van der Waals surface area contributed by atoms with Gasteiger partial charge in [-0.2, -0.15) is 5.26 Å². The van der Waals surface area contributed by atoms with Gasteiger partial charge in [-0.05, 0) is 47.7 Å². The molecule has 0 aliphatic rings. The molecule has 0 fully saturated rings. The van der Waals surface area contributed by atoms with Crippen molar-refractivity contribution in [2.75, 3.05) is 5.73 Å². The Labute approximate surface area is 159 Å². The Kier molecular flexibility index (Phi) is 5.73. The van der Waals surface area contributed by atoms with Crippen molar-refractivity contribution in [2.45, 2.75) is 32.7 Å². The van der Waals surface area contributed by atoms with Gasteiger partial charge in [0.1, 0.15) is 0 Å². The Morgan fingerprint density at radius 3 is 2.48 bits per heavy atom. The van der Waals surface area contributed by atoms with Crippen LogP contribution in [0.4, 0.5) is 5.69 Å². The molecule has 4 nitrogen and oxygen atoms in total. The summed E-state index contributed by atoms with van der Waals surface area (Å²) in [6.07, 6.45) is 2.97. The van der Waals surface area contributed by atoms with Gasteiger partial charge in [-0.1, -0.05) is 55.8 Å². The molecule has 2 aromatic carbocycles. The average Bonchev–Trinajstić information content (AvgIpc) is 2.71. The van der Waals surface area contributed by atoms with Crippen LogP contribution in [-0.4, -0.2) is 4.57 Å². The van der Waals surface area contributed by atoms with E-state index in [9.17, 15) is 10.1 Å². The zero-order chi connectivity index (χ0) is 19.2. The van der Waals surface area contributed by atoms with Crippen LogP contribution in [-0.2, 0) is 13.0 Å². The van der Waals surface area contributed by atoms with Gasteiger partial charge >= 0.3 is 0 Å². The van der Waals surface area contributed by atoms with Gasteiger partial charge in [0.15, 0.2) is 0 Å². The molecule has 1 aromatic heterocycles. The van der Waals surface area contributed by atoms with Gasteiger partial charge < -0.3 is 10.3 Å². The molecule has 4 heteroatoms. The molecule has 0 spiro atoms. The Hall–Kier alpha value is -3.32. The maximum absolute atomic E-state index is 12.5. The number of aromatic nitrogens is 1. The lowest BCUT2D eigenvalue weighted by Gasteiger charge is -2.14. The Morgan fingerprint density at radius 1 is 1.04 bits per heavy atom. The topological polar surface area (TPSA) is 71.8 Å². The number of hydrogen-bond acceptors (Lipinski definition) is 3. The minimum atomic E-state index is -0.137. The first kappa shape index (κ1) is 18.5. The van der Waals surface area contributed by atoms with E-state index in [0.717, 1.165) is 41.6 Å². The maximum Gasteiger partial charge on any atom is 0.274 e. The average molecular weight is 357 g/mol. The molecule has 2 N–H and O–H groups in total. The molecule has 1 heterocycles. The van der Waals surface area contributed by atoms with Gasteiger partial charge in [-0.25, -0.2) is 0 Å². The molecule has 0 unspecified atom stereocenters. The number of nitriles is 1. The SMILES string of the molecule is CCCCc1ccc(N)c(=O)n1Cc1ccc(-c2ccccc2C#N)cc1. The van der Waals surface area contributed by atoms with Crippen molar-refractivity contribution in [3.05, 3.63) is 87.8 Å². The van der Waals surface area contributed by atoms with Crippen molar-refractivity contribution in [1.29, 1.82) is 5.26 Å². The van der Waals surface area contributed by atoms with Gasteiger partial charge in [-0.15, -0.1) is 0 Å². The standard InChI is InChI=1S/C23H23N3O/c1-2-3-7-20-13-14-22(25)23(27)26(20)16-17-9-11-18(12-10-17)21-8-5-4-6-19(21)15-24/h4-6,8-14H,2-3,7,16,25H2,1H3. The number of anilines is 1. The van der Waals surface area contributed by atoms with Crippen molar-refractivity contribution in [1.82, 2.24) is 4.57 Å². The normalized spacial score (nSPS) is 10.5. The largest absolute Gasteiger partial charge is 0.394 e. The number of nitrogen functional groups attached to an aromatic ring is 1. The summed E-state index contributed by atoms with van der Waals surface area (Å²) >= 11 is 0. The predicted molar refractivity (Wildman–Crippen MR) is 109 cm³/mol. The van der Waals surface area contributed by atoms with E-state index >= 15 is 0 Å². The van der Waals surface area contributed by atoms with E-state index in [1.165, 1.54) is 0 Å². The third kappa shape index (κ3) is 4.09. The first-order valence-electron chi connectivity index (χ1n) is 9.20. The summed E-state index contributed by atoms with van der Waals surface area (Å²) in [5, 5.41) is 9.29. The van der Waals surface area contributed by atoms with Crippen LogP contribution in [0.5, 0.6) is 0 Å². The summed E-state index contributed by atoms with van der Waals surface area (Å²) in [6, 6.07) is 21.4. The van der Waals surface area contributed by atoms with Gasteiger partial charge in [0.05, 0.1) is 23.9 Å². The lowest BCUT2D eigenvalue weighted by atomic mass is 9.99. The van der Waals surface area contributed by atoms with E-state index in [1.807, 2.05) is 54.6 Å². The molecular weight excluding hydrogens is 334 g/mol. The number of unbranched alkanes of at least 4 members (excludes halogenated alkanes) is 1. The first-order valence-corrected chi connectivity index (χ1v) is 9.20. The molecular formula is C23H23N3O. The second-order valence-electron chi connectivity index (χ2n) is 6.63. The maximum atomic E-state index is 12.5. The number of benzene rings is 2. The molecule has 0 saturated carbocycles. The molecule has 3 aromatic rings. The Balaban J connectivity index is 1.91. The minimum absolute atomic E-state index is 0.137. The first-order chi connectivity index (χ1) is 13.1. The summed E-state index contributed by atoms with van der Waals surface area (Å²) in [5.41, 5.74) is 10.6. The highest BCUT2D eigenvalue weighted by Crippen LogP contribution is 2.23. The van der Waals surface area contributed by atoms with E-state index in [0.29, 0.717) is 12.1 Å². The summed E-state index contributed by atoms with van der Waals surface area (Å²) in [7, 11) is 0. The summed E-state index contributed by atoms with van der Waals surface area (Å²) < 4.78 is 1.77. The highest BCUT2D eigenvalue weighted by molar-refractivity contribution is 5.70. The molecule has 0 aliphatic carbocycles. The molecule has 0 bridgehead atoms. The molecule has 0 atom stereocenters. The van der Waals surface area contributed by atoms with Crippen LogP contribution < -0.4 is 11.3 Å². The Bertz CT molecular complexity index is 1030. The van der Waals surface area contributed by atoms with Gasteiger partial charge in [0, 0.05) is 5.69 Å². The van der Waals surface area contributed by atoms with E-state index < -0.39 is 0 Å². The van der Waals surface area contributed by atoms with Crippen LogP contribution in [0.3, 0.4) is 0 Å². The van der Waals surface area contributed by atoms with Crippen molar-refractivity contribution in [2.24, 2.45) is 0 Å². The Morgan fingerprint density at radius 2 is 1.78 bits per heavy atom. The zero-order valence-corrected chi connectivity index (χ0v) is 15.5. The van der Waals surface area contributed by atoms with Crippen molar-refractivity contribution in [3.8, 4) is 17.2 Å².